The van der Waals surface area contributed by atoms with Gasteiger partial charge in [-0.05, 0) is 37.1 Å². The van der Waals surface area contributed by atoms with E-state index in [0.29, 0.717) is 59.7 Å². The first kappa shape index (κ1) is 20.6. The summed E-state index contributed by atoms with van der Waals surface area (Å²) < 4.78 is 0. The maximum atomic E-state index is 13.1. The molecule has 0 aromatic carbocycles. The van der Waals surface area contributed by atoms with Gasteiger partial charge in [0.2, 0.25) is 5.91 Å². The first-order valence-corrected chi connectivity index (χ1v) is 10.7. The number of aromatic nitrogens is 3. The third-order valence-electron chi connectivity index (χ3n) is 6.18. The highest BCUT2D eigenvalue weighted by atomic mass is 16.2. The molecular formula is C24H21N7O2. The van der Waals surface area contributed by atoms with Crippen LogP contribution in [0.3, 0.4) is 0 Å². The minimum Gasteiger partial charge on any atom is -0.343 e. The summed E-state index contributed by atoms with van der Waals surface area (Å²) in [6.07, 6.45) is 4.65. The molecule has 9 heteroatoms. The molecule has 0 atom stereocenters. The lowest BCUT2D eigenvalue weighted by Gasteiger charge is -2.41. The molecule has 1 saturated heterocycles. The van der Waals surface area contributed by atoms with Gasteiger partial charge in [0.25, 0.3) is 0 Å². The first-order chi connectivity index (χ1) is 16.0. The van der Waals surface area contributed by atoms with Crippen molar-refractivity contribution < 1.29 is 9.59 Å². The second kappa shape index (κ2) is 7.98. The zero-order valence-electron chi connectivity index (χ0n) is 18.1. The molecular weight excluding hydrogens is 418 g/mol. The van der Waals surface area contributed by atoms with Crippen molar-refractivity contribution in [2.45, 2.75) is 25.8 Å². The number of rotatable bonds is 2. The number of nitrogens with one attached hydrogen (secondary N) is 1. The van der Waals surface area contributed by atoms with E-state index >= 15 is 0 Å². The van der Waals surface area contributed by atoms with Crippen LogP contribution in [0.5, 0.6) is 0 Å². The second-order valence-electron chi connectivity index (χ2n) is 8.14. The van der Waals surface area contributed by atoms with Crippen LogP contribution in [0.2, 0.25) is 0 Å². The van der Waals surface area contributed by atoms with Gasteiger partial charge in [-0.25, -0.2) is 14.8 Å². The highest BCUT2D eigenvalue weighted by Gasteiger charge is 2.36. The van der Waals surface area contributed by atoms with Gasteiger partial charge in [0.1, 0.15) is 17.3 Å². The molecule has 0 bridgehead atoms. The van der Waals surface area contributed by atoms with E-state index in [1.54, 1.807) is 41.2 Å². The van der Waals surface area contributed by atoms with Gasteiger partial charge in [-0.2, -0.15) is 5.26 Å². The fourth-order valence-electron chi connectivity index (χ4n) is 4.44. The quantitative estimate of drug-likeness (QED) is 0.656. The SMILES string of the molecule is C=C1NC(=O)N(C2CCN(C(C)=O)CC2)c2c1cnc1ccc(-c3ccc(C#N)nc3)nc21. The van der Waals surface area contributed by atoms with Crippen molar-refractivity contribution in [3.05, 3.63) is 54.5 Å². The van der Waals surface area contributed by atoms with E-state index in [1.165, 1.54) is 0 Å². The van der Waals surface area contributed by atoms with Gasteiger partial charge in [0, 0.05) is 55.3 Å². The largest absolute Gasteiger partial charge is 0.343 e. The van der Waals surface area contributed by atoms with Gasteiger partial charge < -0.3 is 10.2 Å². The molecule has 0 radical (unpaired) electrons. The number of carbonyl (C=O) groups is 2. The molecule has 33 heavy (non-hydrogen) atoms. The molecule has 5 heterocycles. The van der Waals surface area contributed by atoms with E-state index < -0.39 is 0 Å². The van der Waals surface area contributed by atoms with Crippen molar-refractivity contribution in [2.75, 3.05) is 18.0 Å². The number of pyridine rings is 3. The van der Waals surface area contributed by atoms with Gasteiger partial charge in [-0.1, -0.05) is 6.58 Å². The van der Waals surface area contributed by atoms with E-state index in [-0.39, 0.29) is 18.0 Å². The average Bonchev–Trinajstić information content (AvgIpc) is 2.84. The fraction of sp³-hybridized carbons (Fsp3) is 0.250. The summed E-state index contributed by atoms with van der Waals surface area (Å²) in [7, 11) is 0. The number of amides is 3. The normalized spacial score (nSPS) is 16.4. The smallest absolute Gasteiger partial charge is 0.326 e. The number of nitriles is 1. The van der Waals surface area contributed by atoms with Crippen LogP contribution >= 0.6 is 0 Å². The fourth-order valence-corrected chi connectivity index (χ4v) is 4.44. The predicted octanol–water partition coefficient (Wildman–Crippen LogP) is 3.07. The second-order valence-corrected chi connectivity index (χ2v) is 8.14. The Morgan fingerprint density at radius 3 is 2.64 bits per heavy atom. The molecule has 0 spiro atoms. The lowest BCUT2D eigenvalue weighted by Crippen LogP contribution is -2.53. The average molecular weight is 439 g/mol. The van der Waals surface area contributed by atoms with Crippen LogP contribution in [0.4, 0.5) is 10.5 Å². The summed E-state index contributed by atoms with van der Waals surface area (Å²) in [5.41, 5.74) is 4.89. The number of hydrogen-bond donors (Lipinski definition) is 1. The van der Waals surface area contributed by atoms with Crippen molar-refractivity contribution in [1.29, 1.82) is 5.26 Å². The van der Waals surface area contributed by atoms with Crippen LogP contribution in [-0.4, -0.2) is 50.9 Å². The number of hydrogen-bond acceptors (Lipinski definition) is 6. The molecule has 1 fully saturated rings. The zero-order chi connectivity index (χ0) is 23.1. The highest BCUT2D eigenvalue weighted by Crippen LogP contribution is 2.38. The first-order valence-electron chi connectivity index (χ1n) is 10.7. The molecule has 1 N–H and O–H groups in total. The molecule has 3 aromatic rings. The van der Waals surface area contributed by atoms with Gasteiger partial charge >= 0.3 is 6.03 Å². The molecule has 2 aliphatic rings. The third-order valence-corrected chi connectivity index (χ3v) is 6.18. The molecule has 3 aromatic heterocycles. The van der Waals surface area contributed by atoms with Gasteiger partial charge in [0.15, 0.2) is 0 Å². The van der Waals surface area contributed by atoms with Gasteiger partial charge in [0.05, 0.1) is 16.9 Å². The summed E-state index contributed by atoms with van der Waals surface area (Å²) >= 11 is 0. The monoisotopic (exact) mass is 439 g/mol. The minimum absolute atomic E-state index is 0.0438. The van der Waals surface area contributed by atoms with Crippen LogP contribution in [0.15, 0.2) is 43.2 Å². The lowest BCUT2D eigenvalue weighted by molar-refractivity contribution is -0.129. The van der Waals surface area contributed by atoms with Crippen molar-refractivity contribution in [3.8, 4) is 17.3 Å². The summed E-state index contributed by atoms with van der Waals surface area (Å²) in [6, 6.07) is 8.82. The maximum Gasteiger partial charge on any atom is 0.326 e. The van der Waals surface area contributed by atoms with Gasteiger partial charge in [-0.15, -0.1) is 0 Å². The van der Waals surface area contributed by atoms with Crippen molar-refractivity contribution in [2.24, 2.45) is 0 Å². The Kier molecular flexibility index (Phi) is 4.98. The molecule has 0 unspecified atom stereocenters. The predicted molar refractivity (Wildman–Crippen MR) is 123 cm³/mol. The van der Waals surface area contributed by atoms with Crippen LogP contribution in [0.25, 0.3) is 28.0 Å². The number of carbonyl (C=O) groups excluding carboxylic acids is 2. The summed E-state index contributed by atoms with van der Waals surface area (Å²) in [5, 5.41) is 11.9. The van der Waals surface area contributed by atoms with E-state index in [2.05, 4.69) is 21.9 Å². The van der Waals surface area contributed by atoms with Crippen molar-refractivity contribution in [3.63, 3.8) is 0 Å². The van der Waals surface area contributed by atoms with Crippen molar-refractivity contribution in [1.82, 2.24) is 25.2 Å². The minimum atomic E-state index is -0.256. The highest BCUT2D eigenvalue weighted by molar-refractivity contribution is 6.11. The van der Waals surface area contributed by atoms with Crippen LogP contribution in [0, 0.1) is 11.3 Å². The van der Waals surface area contributed by atoms with E-state index in [9.17, 15) is 9.59 Å². The molecule has 0 saturated carbocycles. The number of likely N-dealkylation sites (tertiary alicyclic amines) is 1. The number of urea groups is 1. The van der Waals surface area contributed by atoms with Crippen LogP contribution in [0.1, 0.15) is 31.0 Å². The number of piperidine rings is 1. The van der Waals surface area contributed by atoms with Crippen LogP contribution in [-0.2, 0) is 4.79 Å². The number of fused-ring (bicyclic) bond motifs is 3. The van der Waals surface area contributed by atoms with E-state index in [4.69, 9.17) is 10.2 Å². The number of anilines is 1. The Hall–Kier alpha value is -4.32. The Bertz CT molecular complexity index is 1340. The van der Waals surface area contributed by atoms with Gasteiger partial charge in [-0.3, -0.25) is 14.7 Å². The Labute approximate surface area is 190 Å². The van der Waals surface area contributed by atoms with E-state index in [1.807, 2.05) is 18.2 Å². The number of nitrogens with zero attached hydrogens (tertiary/aromatic N) is 6. The third kappa shape index (κ3) is 3.55. The topological polar surface area (TPSA) is 115 Å². The molecule has 3 amide bonds. The summed E-state index contributed by atoms with van der Waals surface area (Å²) in [6.45, 7) is 6.76. The molecule has 164 valence electrons. The molecule has 9 nitrogen and oxygen atoms in total. The zero-order valence-corrected chi connectivity index (χ0v) is 18.1. The molecule has 2 aliphatic heterocycles. The Balaban J connectivity index is 1.62. The molecule has 0 aliphatic carbocycles. The Morgan fingerprint density at radius 1 is 1.18 bits per heavy atom. The summed E-state index contributed by atoms with van der Waals surface area (Å²) in [5.74, 6) is 0.0438. The van der Waals surface area contributed by atoms with Crippen molar-refractivity contribution >= 4 is 34.4 Å². The Morgan fingerprint density at radius 2 is 1.97 bits per heavy atom. The molecule has 5 rings (SSSR count). The van der Waals surface area contributed by atoms with E-state index in [0.717, 1.165) is 11.1 Å². The van der Waals surface area contributed by atoms with Crippen LogP contribution < -0.4 is 10.2 Å². The maximum absolute atomic E-state index is 13.1. The summed E-state index contributed by atoms with van der Waals surface area (Å²) in [4.78, 5) is 42.0. The standard InChI is InChI=1S/C24H21N7O2/c1-14-19-13-27-21-6-5-20(16-3-4-17(11-25)26-12-16)29-22(21)23(19)31(24(33)28-14)18-7-9-30(10-8-18)15(2)32/h3-6,12-13,18H,1,7-10H2,2H3,(H,28,33). The lowest BCUT2D eigenvalue weighted by atomic mass is 9.99.